The van der Waals surface area contributed by atoms with Gasteiger partial charge in [0.05, 0.1) is 0 Å². The molecule has 0 heterocycles. The maximum absolute atomic E-state index is 5.61. The van der Waals surface area contributed by atoms with Crippen LogP contribution < -0.4 is 9.20 Å². The Balaban J connectivity index is 1.92. The van der Waals surface area contributed by atoms with E-state index in [1.54, 1.807) is 0 Å². The van der Waals surface area contributed by atoms with Gasteiger partial charge in [-0.1, -0.05) is 0 Å². The SMILES string of the molecule is CCOc1ccccc1/C=C/C[Se]c1ccccc1. The van der Waals surface area contributed by atoms with Gasteiger partial charge < -0.3 is 0 Å². The molecule has 19 heavy (non-hydrogen) atoms. The standard InChI is InChI=1S/C17H18OSe/c1-2-18-17-13-7-6-9-15(17)10-8-14-19-16-11-4-3-5-12-16/h3-13H,2,14H2,1H3/b10-8+. The number of allylic oxidation sites excluding steroid dienone is 1. The maximum atomic E-state index is 5.61. The molecule has 2 aromatic carbocycles. The third kappa shape index (κ3) is 4.59. The van der Waals surface area contributed by atoms with Crippen molar-refractivity contribution in [1.29, 1.82) is 0 Å². The van der Waals surface area contributed by atoms with Gasteiger partial charge in [-0.25, -0.2) is 0 Å². The molecule has 2 rings (SSSR count). The van der Waals surface area contributed by atoms with E-state index in [4.69, 9.17) is 4.74 Å². The number of ether oxygens (including phenoxy) is 1. The van der Waals surface area contributed by atoms with Crippen LogP contribution in [0.5, 0.6) is 5.75 Å². The first-order chi connectivity index (χ1) is 9.40. The average Bonchev–Trinajstić information content (AvgIpc) is 2.47. The minimum absolute atomic E-state index is 0.512. The molecule has 2 aromatic rings. The Morgan fingerprint density at radius 1 is 1.00 bits per heavy atom. The Morgan fingerprint density at radius 3 is 2.53 bits per heavy atom. The Labute approximate surface area is 121 Å². The van der Waals surface area contributed by atoms with Crippen molar-refractivity contribution in [3.05, 3.63) is 66.2 Å². The molecule has 0 aromatic heterocycles. The molecular formula is C17H18OSe. The summed E-state index contributed by atoms with van der Waals surface area (Å²) in [6.07, 6.45) is 4.40. The summed E-state index contributed by atoms with van der Waals surface area (Å²) in [4.78, 5) is 0. The van der Waals surface area contributed by atoms with Crippen LogP contribution in [0.3, 0.4) is 0 Å². The molecule has 0 atom stereocenters. The summed E-state index contributed by atoms with van der Waals surface area (Å²) in [5.41, 5.74) is 1.16. The van der Waals surface area contributed by atoms with E-state index in [1.165, 1.54) is 4.46 Å². The molecule has 0 spiro atoms. The number of hydrogen-bond donors (Lipinski definition) is 0. The molecule has 0 saturated heterocycles. The summed E-state index contributed by atoms with van der Waals surface area (Å²) in [6, 6.07) is 18.8. The van der Waals surface area contributed by atoms with E-state index in [1.807, 2.05) is 25.1 Å². The van der Waals surface area contributed by atoms with Crippen molar-refractivity contribution in [3.63, 3.8) is 0 Å². The van der Waals surface area contributed by atoms with Crippen LogP contribution in [0.2, 0.25) is 5.32 Å². The predicted molar refractivity (Wildman–Crippen MR) is 83.3 cm³/mol. The molecule has 0 bridgehead atoms. The van der Waals surface area contributed by atoms with Gasteiger partial charge >= 0.3 is 121 Å². The van der Waals surface area contributed by atoms with Crippen molar-refractivity contribution in [2.24, 2.45) is 0 Å². The first kappa shape index (κ1) is 13.9. The molecule has 0 N–H and O–H groups in total. The predicted octanol–water partition coefficient (Wildman–Crippen LogP) is 3.55. The number of rotatable bonds is 6. The molecule has 0 saturated carbocycles. The van der Waals surface area contributed by atoms with Crippen molar-refractivity contribution in [2.75, 3.05) is 6.61 Å². The zero-order valence-corrected chi connectivity index (χ0v) is 12.8. The van der Waals surface area contributed by atoms with E-state index in [0.29, 0.717) is 21.6 Å². The van der Waals surface area contributed by atoms with Gasteiger partial charge in [-0.3, -0.25) is 0 Å². The second kappa shape index (κ2) is 7.83. The molecule has 0 unspecified atom stereocenters. The second-order valence-electron chi connectivity index (χ2n) is 4.00. The Hall–Kier alpha value is -1.50. The minimum atomic E-state index is 0.512. The van der Waals surface area contributed by atoms with Crippen LogP contribution in [0.4, 0.5) is 0 Å². The molecule has 2 heteroatoms. The summed E-state index contributed by atoms with van der Waals surface area (Å²) < 4.78 is 7.05. The van der Waals surface area contributed by atoms with Crippen LogP contribution in [-0.2, 0) is 0 Å². The van der Waals surface area contributed by atoms with Crippen molar-refractivity contribution >= 4 is 25.5 Å². The van der Waals surface area contributed by atoms with Crippen LogP contribution in [0.25, 0.3) is 6.08 Å². The monoisotopic (exact) mass is 318 g/mol. The van der Waals surface area contributed by atoms with E-state index in [0.717, 1.165) is 16.6 Å². The fraction of sp³-hybridized carbons (Fsp3) is 0.176. The third-order valence-corrected chi connectivity index (χ3v) is 4.63. The zero-order chi connectivity index (χ0) is 13.3. The van der Waals surface area contributed by atoms with Gasteiger partial charge in [0, 0.05) is 0 Å². The van der Waals surface area contributed by atoms with E-state index < -0.39 is 0 Å². The molecule has 1 nitrogen and oxygen atoms in total. The molecule has 0 radical (unpaired) electrons. The third-order valence-electron chi connectivity index (χ3n) is 2.61. The molecule has 0 aliphatic carbocycles. The van der Waals surface area contributed by atoms with Crippen molar-refractivity contribution in [3.8, 4) is 5.75 Å². The summed E-state index contributed by atoms with van der Waals surface area (Å²) in [5.74, 6) is 0.966. The van der Waals surface area contributed by atoms with Crippen LogP contribution in [-0.4, -0.2) is 21.6 Å². The summed E-state index contributed by atoms with van der Waals surface area (Å²) in [5, 5.41) is 1.11. The van der Waals surface area contributed by atoms with Crippen LogP contribution in [0, 0.1) is 0 Å². The number of benzene rings is 2. The summed E-state index contributed by atoms with van der Waals surface area (Å²) in [6.45, 7) is 2.72. The van der Waals surface area contributed by atoms with Gasteiger partial charge in [0.15, 0.2) is 0 Å². The van der Waals surface area contributed by atoms with E-state index in [9.17, 15) is 0 Å². The zero-order valence-electron chi connectivity index (χ0n) is 11.1. The van der Waals surface area contributed by atoms with Crippen molar-refractivity contribution in [1.82, 2.24) is 0 Å². The van der Waals surface area contributed by atoms with Crippen molar-refractivity contribution in [2.45, 2.75) is 12.2 Å². The van der Waals surface area contributed by atoms with Gasteiger partial charge in [-0.15, -0.1) is 0 Å². The Morgan fingerprint density at radius 2 is 1.74 bits per heavy atom. The fourth-order valence-corrected chi connectivity index (χ4v) is 3.28. The average molecular weight is 317 g/mol. The van der Waals surface area contributed by atoms with Gasteiger partial charge in [0.1, 0.15) is 0 Å². The van der Waals surface area contributed by atoms with E-state index in [2.05, 4.69) is 48.6 Å². The summed E-state index contributed by atoms with van der Waals surface area (Å²) >= 11 is 0.512. The Bertz CT molecular complexity index is 520. The first-order valence-corrected chi connectivity index (χ1v) is 8.53. The molecule has 0 aliphatic heterocycles. The first-order valence-electron chi connectivity index (χ1n) is 6.46. The van der Waals surface area contributed by atoms with Crippen molar-refractivity contribution < 1.29 is 4.74 Å². The number of hydrogen-bond acceptors (Lipinski definition) is 1. The molecule has 98 valence electrons. The quantitative estimate of drug-likeness (QED) is 0.741. The molecule has 0 amide bonds. The van der Waals surface area contributed by atoms with Crippen LogP contribution >= 0.6 is 0 Å². The van der Waals surface area contributed by atoms with E-state index in [-0.39, 0.29) is 0 Å². The van der Waals surface area contributed by atoms with Crippen LogP contribution in [0.1, 0.15) is 12.5 Å². The second-order valence-corrected chi connectivity index (χ2v) is 6.29. The fourth-order valence-electron chi connectivity index (χ4n) is 1.74. The molecule has 0 fully saturated rings. The topological polar surface area (TPSA) is 9.23 Å². The van der Waals surface area contributed by atoms with Gasteiger partial charge in [0.25, 0.3) is 0 Å². The Kier molecular flexibility index (Phi) is 5.74. The summed E-state index contributed by atoms with van der Waals surface area (Å²) in [7, 11) is 0. The molecule has 0 aliphatic rings. The van der Waals surface area contributed by atoms with Gasteiger partial charge in [0.2, 0.25) is 0 Å². The normalized spacial score (nSPS) is 10.8. The van der Waals surface area contributed by atoms with E-state index >= 15 is 0 Å². The van der Waals surface area contributed by atoms with Gasteiger partial charge in [-0.2, -0.15) is 0 Å². The van der Waals surface area contributed by atoms with Crippen LogP contribution in [0.15, 0.2) is 60.7 Å². The molecular weight excluding hydrogens is 299 g/mol. The number of para-hydroxylation sites is 1. The van der Waals surface area contributed by atoms with Gasteiger partial charge in [-0.05, 0) is 0 Å².